The van der Waals surface area contributed by atoms with E-state index in [1.54, 1.807) is 18.2 Å². The topological polar surface area (TPSA) is 23.8 Å². The predicted octanol–water partition coefficient (Wildman–Crippen LogP) is 3.30. The van der Waals surface area contributed by atoms with Crippen LogP contribution in [0.4, 0.5) is 8.78 Å². The number of fused-ring (bicyclic) bond motifs is 1. The van der Waals surface area contributed by atoms with Gasteiger partial charge in [-0.25, -0.2) is 8.78 Å². The van der Waals surface area contributed by atoms with E-state index in [-0.39, 0.29) is 5.39 Å². The second-order valence-electron chi connectivity index (χ2n) is 3.38. The number of benzene rings is 2. The molecule has 0 radical (unpaired) electrons. The van der Waals surface area contributed by atoms with Crippen LogP contribution < -0.4 is 0 Å². The minimum absolute atomic E-state index is 0.276. The summed E-state index contributed by atoms with van der Waals surface area (Å²) in [4.78, 5) is 0. The Morgan fingerprint density at radius 3 is 2.60 bits per heavy atom. The van der Waals surface area contributed by atoms with Gasteiger partial charge in [-0.1, -0.05) is 23.8 Å². The van der Waals surface area contributed by atoms with Crippen molar-refractivity contribution < 1.29 is 8.78 Å². The van der Waals surface area contributed by atoms with Crippen LogP contribution in [0, 0.1) is 29.9 Å². The van der Waals surface area contributed by atoms with Crippen molar-refractivity contribution in [2.24, 2.45) is 0 Å². The van der Waals surface area contributed by atoms with Gasteiger partial charge < -0.3 is 0 Å². The third-order valence-corrected chi connectivity index (χ3v) is 2.30. The maximum Gasteiger partial charge on any atom is 0.151 e. The van der Waals surface area contributed by atoms with Gasteiger partial charge in [-0.3, -0.25) is 0 Å². The number of nitrogens with zero attached hydrogens (tertiary/aromatic N) is 1. The number of nitriles is 1. The SMILES string of the molecule is Cc1ccc2c(F)c(C#N)c(F)cc2c1. The van der Waals surface area contributed by atoms with Crippen LogP contribution in [0.3, 0.4) is 0 Å². The molecule has 0 heterocycles. The number of halogens is 2. The summed E-state index contributed by atoms with van der Waals surface area (Å²) >= 11 is 0. The molecule has 0 saturated heterocycles. The minimum atomic E-state index is -0.812. The molecule has 0 unspecified atom stereocenters. The Balaban J connectivity index is 2.92. The van der Waals surface area contributed by atoms with Crippen molar-refractivity contribution >= 4 is 10.8 Å². The van der Waals surface area contributed by atoms with E-state index < -0.39 is 17.2 Å². The highest BCUT2D eigenvalue weighted by atomic mass is 19.1. The van der Waals surface area contributed by atoms with Gasteiger partial charge in [0.1, 0.15) is 17.4 Å². The van der Waals surface area contributed by atoms with Crippen molar-refractivity contribution in [3.63, 3.8) is 0 Å². The number of hydrogen-bond donors (Lipinski definition) is 0. The van der Waals surface area contributed by atoms with Crippen molar-refractivity contribution in [1.29, 1.82) is 5.26 Å². The Morgan fingerprint density at radius 1 is 1.20 bits per heavy atom. The standard InChI is InChI=1S/C12H7F2N/c1-7-2-3-9-8(4-7)5-11(13)10(6-15)12(9)14/h2-5H,1H3. The lowest BCUT2D eigenvalue weighted by Gasteiger charge is -2.03. The summed E-state index contributed by atoms with van der Waals surface area (Å²) in [5.74, 6) is -1.60. The van der Waals surface area contributed by atoms with Crippen LogP contribution in [0.5, 0.6) is 0 Å². The first-order chi connectivity index (χ1) is 7.13. The molecule has 0 fully saturated rings. The fourth-order valence-electron chi connectivity index (χ4n) is 1.55. The summed E-state index contributed by atoms with van der Waals surface area (Å²) < 4.78 is 26.8. The summed E-state index contributed by atoms with van der Waals surface area (Å²) in [5.41, 5.74) is 0.400. The Bertz CT molecular complexity index is 582. The molecule has 2 aromatic rings. The zero-order valence-corrected chi connectivity index (χ0v) is 8.01. The predicted molar refractivity (Wildman–Crippen MR) is 53.3 cm³/mol. The molecule has 0 aliphatic carbocycles. The van der Waals surface area contributed by atoms with Crippen LogP contribution in [0.25, 0.3) is 10.8 Å². The molecular formula is C12H7F2N. The van der Waals surface area contributed by atoms with E-state index in [2.05, 4.69) is 0 Å². The summed E-state index contributed by atoms with van der Waals surface area (Å²) in [6, 6.07) is 7.67. The van der Waals surface area contributed by atoms with Crippen molar-refractivity contribution in [2.45, 2.75) is 6.92 Å². The first-order valence-electron chi connectivity index (χ1n) is 4.42. The molecule has 0 N–H and O–H groups in total. The first kappa shape index (κ1) is 9.60. The summed E-state index contributed by atoms with van der Waals surface area (Å²) in [6.45, 7) is 1.84. The van der Waals surface area contributed by atoms with Crippen molar-refractivity contribution in [2.75, 3.05) is 0 Å². The van der Waals surface area contributed by atoms with Crippen LogP contribution in [0.15, 0.2) is 24.3 Å². The number of aryl methyl sites for hydroxylation is 1. The second-order valence-corrected chi connectivity index (χ2v) is 3.38. The molecule has 2 aromatic carbocycles. The van der Waals surface area contributed by atoms with Gasteiger partial charge in [0, 0.05) is 5.39 Å². The Kier molecular flexibility index (Phi) is 2.12. The molecule has 0 atom stereocenters. The third-order valence-electron chi connectivity index (χ3n) is 2.30. The van der Waals surface area contributed by atoms with Crippen molar-refractivity contribution in [1.82, 2.24) is 0 Å². The van der Waals surface area contributed by atoms with Crippen LogP contribution in [0.1, 0.15) is 11.1 Å². The van der Waals surface area contributed by atoms with Crippen LogP contribution in [0.2, 0.25) is 0 Å². The lowest BCUT2D eigenvalue weighted by atomic mass is 10.0. The van der Waals surface area contributed by atoms with E-state index in [0.717, 1.165) is 5.56 Å². The van der Waals surface area contributed by atoms with Gasteiger partial charge in [0.2, 0.25) is 0 Å². The monoisotopic (exact) mass is 203 g/mol. The van der Waals surface area contributed by atoms with Gasteiger partial charge in [0.05, 0.1) is 0 Å². The Labute approximate surface area is 85.6 Å². The molecule has 0 aromatic heterocycles. The molecule has 0 aliphatic heterocycles. The fraction of sp³-hybridized carbons (Fsp3) is 0.0833. The molecule has 74 valence electrons. The molecule has 15 heavy (non-hydrogen) atoms. The van der Waals surface area contributed by atoms with Gasteiger partial charge in [-0.2, -0.15) is 5.26 Å². The highest BCUT2D eigenvalue weighted by Gasteiger charge is 2.12. The number of hydrogen-bond acceptors (Lipinski definition) is 1. The van der Waals surface area contributed by atoms with E-state index in [4.69, 9.17) is 5.26 Å². The zero-order valence-electron chi connectivity index (χ0n) is 8.01. The molecule has 0 aliphatic rings. The first-order valence-corrected chi connectivity index (χ1v) is 4.42. The fourth-order valence-corrected chi connectivity index (χ4v) is 1.55. The molecular weight excluding hydrogens is 196 g/mol. The van der Waals surface area contributed by atoms with E-state index in [9.17, 15) is 8.78 Å². The van der Waals surface area contributed by atoms with E-state index >= 15 is 0 Å². The second kappa shape index (κ2) is 3.32. The van der Waals surface area contributed by atoms with Gasteiger partial charge in [-0.15, -0.1) is 0 Å². The molecule has 2 rings (SSSR count). The lowest BCUT2D eigenvalue weighted by molar-refractivity contribution is 0.585. The van der Waals surface area contributed by atoms with Crippen molar-refractivity contribution in [3.8, 4) is 6.07 Å². The molecule has 0 saturated carbocycles. The molecule has 1 nitrogen and oxygen atoms in total. The molecule has 3 heteroatoms. The van der Waals surface area contributed by atoms with Crippen LogP contribution in [-0.2, 0) is 0 Å². The van der Waals surface area contributed by atoms with Crippen molar-refractivity contribution in [3.05, 3.63) is 47.0 Å². The Morgan fingerprint density at radius 2 is 1.93 bits per heavy atom. The highest BCUT2D eigenvalue weighted by Crippen LogP contribution is 2.24. The lowest BCUT2D eigenvalue weighted by Crippen LogP contribution is -1.92. The summed E-state index contributed by atoms with van der Waals surface area (Å²) in [6.07, 6.45) is 0. The quantitative estimate of drug-likeness (QED) is 0.644. The van der Waals surface area contributed by atoms with Gasteiger partial charge in [0.25, 0.3) is 0 Å². The van der Waals surface area contributed by atoms with Gasteiger partial charge in [0.15, 0.2) is 5.82 Å². The normalized spacial score (nSPS) is 10.3. The summed E-state index contributed by atoms with van der Waals surface area (Å²) in [5, 5.41) is 9.34. The average molecular weight is 203 g/mol. The van der Waals surface area contributed by atoms with Gasteiger partial charge >= 0.3 is 0 Å². The van der Waals surface area contributed by atoms with Crippen LogP contribution in [-0.4, -0.2) is 0 Å². The molecule has 0 amide bonds. The number of rotatable bonds is 0. The van der Waals surface area contributed by atoms with E-state index in [1.807, 2.05) is 6.92 Å². The summed E-state index contributed by atoms with van der Waals surface area (Å²) in [7, 11) is 0. The largest absolute Gasteiger partial charge is 0.205 e. The smallest absolute Gasteiger partial charge is 0.151 e. The molecule has 0 bridgehead atoms. The van der Waals surface area contributed by atoms with E-state index in [0.29, 0.717) is 5.39 Å². The van der Waals surface area contributed by atoms with Crippen LogP contribution >= 0.6 is 0 Å². The highest BCUT2D eigenvalue weighted by molar-refractivity contribution is 5.85. The molecule has 0 spiro atoms. The van der Waals surface area contributed by atoms with Gasteiger partial charge in [-0.05, 0) is 18.4 Å². The zero-order chi connectivity index (χ0) is 11.0. The third kappa shape index (κ3) is 1.44. The maximum absolute atomic E-state index is 13.6. The van der Waals surface area contributed by atoms with E-state index in [1.165, 1.54) is 12.1 Å². The minimum Gasteiger partial charge on any atom is -0.205 e. The maximum atomic E-state index is 13.6. The Hall–Kier alpha value is -1.95. The average Bonchev–Trinajstić information content (AvgIpc) is 2.17.